The molecule has 2 saturated carbocycles. The zero-order valence-electron chi connectivity index (χ0n) is 19.6. The summed E-state index contributed by atoms with van der Waals surface area (Å²) in [6, 6.07) is 0. The zero-order valence-corrected chi connectivity index (χ0v) is 20.4. The number of thioether (sulfide) groups is 1. The molecule has 0 heterocycles. The topological polar surface area (TPSA) is 0 Å². The molecule has 0 aromatic carbocycles. The monoisotopic (exact) mass is 394 g/mol. The van der Waals surface area contributed by atoms with Crippen LogP contribution in [-0.4, -0.2) is 11.5 Å². The van der Waals surface area contributed by atoms with Crippen LogP contribution >= 0.6 is 11.8 Å². The summed E-state index contributed by atoms with van der Waals surface area (Å²) >= 11 is 2.24. The maximum atomic E-state index is 2.44. The van der Waals surface area contributed by atoms with Crippen LogP contribution in [0.2, 0.25) is 0 Å². The fraction of sp³-hybridized carbons (Fsp3) is 1.00. The third-order valence-electron chi connectivity index (χ3n) is 7.95. The molecular weight excluding hydrogens is 344 g/mol. The molecule has 0 aromatic heterocycles. The Bertz CT molecular complexity index is 345. The predicted molar refractivity (Wildman–Crippen MR) is 126 cm³/mol. The Morgan fingerprint density at radius 3 is 1.19 bits per heavy atom. The zero-order chi connectivity index (χ0) is 19.9. The summed E-state index contributed by atoms with van der Waals surface area (Å²) in [5, 5.41) is 0. The van der Waals surface area contributed by atoms with Crippen molar-refractivity contribution in [3.05, 3.63) is 0 Å². The summed E-state index contributed by atoms with van der Waals surface area (Å²) in [5.74, 6) is 6.86. The van der Waals surface area contributed by atoms with Gasteiger partial charge >= 0.3 is 0 Å². The van der Waals surface area contributed by atoms with E-state index >= 15 is 0 Å². The Kier molecular flexibility index (Phi) is 9.57. The molecule has 0 atom stereocenters. The Labute approximate surface area is 176 Å². The van der Waals surface area contributed by atoms with Gasteiger partial charge in [-0.25, -0.2) is 0 Å². The van der Waals surface area contributed by atoms with E-state index in [2.05, 4.69) is 53.3 Å². The SMILES string of the molecule is CC(C)(C)C1CCC(CCCSCCCC2CCC(C(C)(C)C)CC2)CC1. The quantitative estimate of drug-likeness (QED) is 0.370. The molecule has 2 rings (SSSR count). The van der Waals surface area contributed by atoms with E-state index in [1.807, 2.05) is 0 Å². The Morgan fingerprint density at radius 1 is 0.556 bits per heavy atom. The molecule has 0 bridgehead atoms. The van der Waals surface area contributed by atoms with E-state index < -0.39 is 0 Å². The summed E-state index contributed by atoms with van der Waals surface area (Å²) < 4.78 is 0. The van der Waals surface area contributed by atoms with E-state index in [-0.39, 0.29) is 0 Å². The van der Waals surface area contributed by atoms with Crippen LogP contribution in [0.4, 0.5) is 0 Å². The molecule has 0 aromatic rings. The average molecular weight is 395 g/mol. The van der Waals surface area contributed by atoms with Crippen LogP contribution in [0.15, 0.2) is 0 Å². The first-order valence-electron chi connectivity index (χ1n) is 12.2. The van der Waals surface area contributed by atoms with Crippen molar-refractivity contribution in [1.82, 2.24) is 0 Å². The molecule has 0 amide bonds. The van der Waals surface area contributed by atoms with Crippen LogP contribution in [0.3, 0.4) is 0 Å². The highest BCUT2D eigenvalue weighted by atomic mass is 32.2. The van der Waals surface area contributed by atoms with E-state index in [4.69, 9.17) is 0 Å². The molecule has 0 unspecified atom stereocenters. The Morgan fingerprint density at radius 2 is 0.889 bits per heavy atom. The lowest BCUT2D eigenvalue weighted by atomic mass is 9.69. The fourth-order valence-electron chi connectivity index (χ4n) is 5.68. The molecule has 160 valence electrons. The third-order valence-corrected chi connectivity index (χ3v) is 9.10. The molecule has 0 aliphatic heterocycles. The summed E-state index contributed by atoms with van der Waals surface area (Å²) in [4.78, 5) is 0. The van der Waals surface area contributed by atoms with Crippen molar-refractivity contribution < 1.29 is 0 Å². The first kappa shape index (κ1) is 23.6. The molecule has 2 aliphatic carbocycles. The van der Waals surface area contributed by atoms with Crippen molar-refractivity contribution in [2.24, 2.45) is 34.5 Å². The maximum Gasteiger partial charge on any atom is -0.00674 e. The van der Waals surface area contributed by atoms with E-state index in [9.17, 15) is 0 Å². The maximum absolute atomic E-state index is 2.44. The first-order chi connectivity index (χ1) is 12.7. The smallest absolute Gasteiger partial charge is 0.00674 e. The van der Waals surface area contributed by atoms with Gasteiger partial charge in [0, 0.05) is 0 Å². The highest BCUT2D eigenvalue weighted by molar-refractivity contribution is 7.99. The molecule has 1 heteroatoms. The second-order valence-corrected chi connectivity index (χ2v) is 13.3. The van der Waals surface area contributed by atoms with Gasteiger partial charge < -0.3 is 0 Å². The van der Waals surface area contributed by atoms with Crippen LogP contribution < -0.4 is 0 Å². The van der Waals surface area contributed by atoms with Crippen LogP contribution in [-0.2, 0) is 0 Å². The second kappa shape index (κ2) is 10.9. The molecule has 27 heavy (non-hydrogen) atoms. The minimum absolute atomic E-state index is 0.535. The highest BCUT2D eigenvalue weighted by Gasteiger charge is 2.30. The van der Waals surface area contributed by atoms with E-state index in [0.29, 0.717) is 10.8 Å². The van der Waals surface area contributed by atoms with E-state index in [0.717, 1.165) is 23.7 Å². The van der Waals surface area contributed by atoms with Gasteiger partial charge in [-0.3, -0.25) is 0 Å². The predicted octanol–water partition coefficient (Wildman–Crippen LogP) is 8.99. The molecule has 0 spiro atoms. The normalized spacial score (nSPS) is 30.4. The highest BCUT2D eigenvalue weighted by Crippen LogP contribution is 2.42. The van der Waals surface area contributed by atoms with Gasteiger partial charge in [-0.1, -0.05) is 67.2 Å². The van der Waals surface area contributed by atoms with Gasteiger partial charge in [0.15, 0.2) is 0 Å². The molecule has 0 radical (unpaired) electrons. The minimum Gasteiger partial charge on any atom is -0.162 e. The molecule has 0 nitrogen and oxygen atoms in total. The lowest BCUT2D eigenvalue weighted by molar-refractivity contribution is 0.146. The lowest BCUT2D eigenvalue weighted by Gasteiger charge is -2.37. The van der Waals surface area contributed by atoms with Crippen molar-refractivity contribution in [3.8, 4) is 0 Å². The number of hydrogen-bond donors (Lipinski definition) is 0. The number of hydrogen-bond acceptors (Lipinski definition) is 1. The van der Waals surface area contributed by atoms with Gasteiger partial charge in [-0.2, -0.15) is 11.8 Å². The largest absolute Gasteiger partial charge is 0.162 e. The van der Waals surface area contributed by atoms with Gasteiger partial charge in [-0.05, 0) is 97.4 Å². The molecular formula is C26H50S. The Hall–Kier alpha value is 0.350. The summed E-state index contributed by atoms with van der Waals surface area (Å²) in [7, 11) is 0. The lowest BCUT2D eigenvalue weighted by Crippen LogP contribution is -2.25. The van der Waals surface area contributed by atoms with Gasteiger partial charge in [0.2, 0.25) is 0 Å². The van der Waals surface area contributed by atoms with Crippen LogP contribution in [0.1, 0.15) is 119 Å². The minimum atomic E-state index is 0.535. The van der Waals surface area contributed by atoms with Gasteiger partial charge in [-0.15, -0.1) is 0 Å². The molecule has 2 fully saturated rings. The van der Waals surface area contributed by atoms with Crippen molar-refractivity contribution >= 4 is 11.8 Å². The van der Waals surface area contributed by atoms with Gasteiger partial charge in [0.25, 0.3) is 0 Å². The second-order valence-electron chi connectivity index (χ2n) is 12.1. The molecule has 0 N–H and O–H groups in total. The summed E-state index contributed by atoms with van der Waals surface area (Å²) in [6.45, 7) is 14.6. The fourth-order valence-corrected chi connectivity index (χ4v) is 6.63. The van der Waals surface area contributed by atoms with E-state index in [1.165, 1.54) is 88.6 Å². The van der Waals surface area contributed by atoms with Gasteiger partial charge in [0.05, 0.1) is 0 Å². The Balaban J connectivity index is 1.43. The van der Waals surface area contributed by atoms with Crippen LogP contribution in [0.5, 0.6) is 0 Å². The van der Waals surface area contributed by atoms with Crippen molar-refractivity contribution in [2.75, 3.05) is 11.5 Å². The number of rotatable bonds is 8. The van der Waals surface area contributed by atoms with Crippen LogP contribution in [0, 0.1) is 34.5 Å². The van der Waals surface area contributed by atoms with E-state index in [1.54, 1.807) is 0 Å². The standard InChI is InChI=1S/C26H50S/c1-25(2,3)23-15-11-21(12-16-23)9-7-19-27-20-8-10-22-13-17-24(18-14-22)26(4,5)6/h21-24H,7-20H2,1-6H3. The first-order valence-corrected chi connectivity index (χ1v) is 13.4. The van der Waals surface area contributed by atoms with Crippen molar-refractivity contribution in [3.63, 3.8) is 0 Å². The summed E-state index contributed by atoms with van der Waals surface area (Å²) in [5.41, 5.74) is 1.07. The third kappa shape index (κ3) is 8.71. The average Bonchev–Trinajstić information content (AvgIpc) is 2.60. The van der Waals surface area contributed by atoms with Crippen LogP contribution in [0.25, 0.3) is 0 Å². The van der Waals surface area contributed by atoms with Gasteiger partial charge in [0.1, 0.15) is 0 Å². The van der Waals surface area contributed by atoms with Crippen molar-refractivity contribution in [2.45, 2.75) is 119 Å². The molecule has 0 saturated heterocycles. The molecule has 2 aliphatic rings. The van der Waals surface area contributed by atoms with Crippen molar-refractivity contribution in [1.29, 1.82) is 0 Å². The summed E-state index contributed by atoms with van der Waals surface area (Å²) in [6.07, 6.45) is 17.9.